The third kappa shape index (κ3) is 4.28. The van der Waals surface area contributed by atoms with Gasteiger partial charge in [0.2, 0.25) is 11.8 Å². The molecule has 1 aliphatic heterocycles. The van der Waals surface area contributed by atoms with Gasteiger partial charge in [0.05, 0.1) is 12.0 Å². The van der Waals surface area contributed by atoms with Crippen LogP contribution in [0.15, 0.2) is 24.5 Å². The van der Waals surface area contributed by atoms with E-state index in [-0.39, 0.29) is 29.8 Å². The zero-order chi connectivity index (χ0) is 16.8. The zero-order valence-electron chi connectivity index (χ0n) is 13.9. The summed E-state index contributed by atoms with van der Waals surface area (Å²) in [6, 6.07) is 3.21. The van der Waals surface area contributed by atoms with Crippen molar-refractivity contribution in [2.75, 3.05) is 13.2 Å². The number of pyridine rings is 1. The number of hydrogen-bond donors (Lipinski definition) is 2. The van der Waals surface area contributed by atoms with Crippen molar-refractivity contribution in [2.24, 2.45) is 11.8 Å². The van der Waals surface area contributed by atoms with Gasteiger partial charge in [0, 0.05) is 25.5 Å². The summed E-state index contributed by atoms with van der Waals surface area (Å²) in [5.41, 5.74) is 0.893. The second kappa shape index (κ2) is 8.06. The van der Waals surface area contributed by atoms with Crippen LogP contribution in [0, 0.1) is 11.8 Å². The van der Waals surface area contributed by atoms with Crippen molar-refractivity contribution in [3.63, 3.8) is 0 Å². The molecule has 1 aromatic rings. The first-order valence-corrected chi connectivity index (χ1v) is 8.14. The average Bonchev–Trinajstić information content (AvgIpc) is 3.02. The maximum atomic E-state index is 12.7. The highest BCUT2D eigenvalue weighted by Gasteiger charge is 2.37. The molecule has 1 fully saturated rings. The van der Waals surface area contributed by atoms with Gasteiger partial charge in [-0.25, -0.2) is 0 Å². The Morgan fingerprint density at radius 3 is 2.83 bits per heavy atom. The first-order valence-electron chi connectivity index (χ1n) is 8.14. The fourth-order valence-electron chi connectivity index (χ4n) is 2.81. The van der Waals surface area contributed by atoms with Crippen LogP contribution in [0.25, 0.3) is 0 Å². The highest BCUT2D eigenvalue weighted by Crippen LogP contribution is 2.34. The van der Waals surface area contributed by atoms with E-state index in [1.807, 2.05) is 32.9 Å². The molecule has 0 spiro atoms. The van der Waals surface area contributed by atoms with E-state index >= 15 is 0 Å². The Morgan fingerprint density at radius 1 is 1.43 bits per heavy atom. The predicted octanol–water partition coefficient (Wildman–Crippen LogP) is 1.44. The van der Waals surface area contributed by atoms with Crippen molar-refractivity contribution < 1.29 is 14.3 Å². The number of rotatable bonds is 6. The quantitative estimate of drug-likeness (QED) is 0.831. The van der Waals surface area contributed by atoms with Gasteiger partial charge in [-0.2, -0.15) is 0 Å². The molecule has 2 N–H and O–H groups in total. The van der Waals surface area contributed by atoms with Gasteiger partial charge in [0.25, 0.3) is 0 Å². The van der Waals surface area contributed by atoms with Crippen molar-refractivity contribution in [2.45, 2.75) is 39.3 Å². The smallest absolute Gasteiger partial charge is 0.242 e. The van der Waals surface area contributed by atoms with E-state index in [1.54, 1.807) is 12.4 Å². The first kappa shape index (κ1) is 17.4. The number of hydrogen-bond acceptors (Lipinski definition) is 4. The van der Waals surface area contributed by atoms with Gasteiger partial charge < -0.3 is 15.4 Å². The summed E-state index contributed by atoms with van der Waals surface area (Å²) in [6.07, 6.45) is 3.76. The molecule has 1 aliphatic rings. The van der Waals surface area contributed by atoms with Crippen molar-refractivity contribution in [3.8, 4) is 0 Å². The van der Waals surface area contributed by atoms with Crippen molar-refractivity contribution >= 4 is 11.8 Å². The molecule has 2 rings (SSSR count). The molecule has 6 heteroatoms. The standard InChI is InChI=1S/C17H25N3O3/c1-4-19-17(22)14(11(2)3)20-16(21)13-7-9-23-15(13)12-6-5-8-18-10-12/h5-6,8,10-11,13-15H,4,7,9H2,1-3H3,(H,19,22)(H,20,21)/t13-,14-,15+/m0/s1. The van der Waals surface area contributed by atoms with E-state index < -0.39 is 6.04 Å². The van der Waals surface area contributed by atoms with E-state index in [1.165, 1.54) is 0 Å². The van der Waals surface area contributed by atoms with Gasteiger partial charge in [-0.05, 0) is 30.9 Å². The molecule has 0 aliphatic carbocycles. The maximum absolute atomic E-state index is 12.7. The fourth-order valence-corrected chi connectivity index (χ4v) is 2.81. The number of amides is 2. The largest absolute Gasteiger partial charge is 0.373 e. The van der Waals surface area contributed by atoms with Gasteiger partial charge in [0.15, 0.2) is 0 Å². The summed E-state index contributed by atoms with van der Waals surface area (Å²) in [6.45, 7) is 6.78. The average molecular weight is 319 g/mol. The lowest BCUT2D eigenvalue weighted by atomic mass is 9.94. The van der Waals surface area contributed by atoms with Crippen LogP contribution >= 0.6 is 0 Å². The Labute approximate surface area is 137 Å². The van der Waals surface area contributed by atoms with Crippen LogP contribution in [0.3, 0.4) is 0 Å². The molecule has 0 saturated carbocycles. The molecular weight excluding hydrogens is 294 g/mol. The van der Waals surface area contributed by atoms with Crippen molar-refractivity contribution in [1.82, 2.24) is 15.6 Å². The summed E-state index contributed by atoms with van der Waals surface area (Å²) in [5, 5.41) is 5.66. The third-order valence-electron chi connectivity index (χ3n) is 4.04. The van der Waals surface area contributed by atoms with E-state index in [0.29, 0.717) is 19.6 Å². The fraction of sp³-hybridized carbons (Fsp3) is 0.588. The number of carbonyl (C=O) groups is 2. The molecule has 126 valence electrons. The summed E-state index contributed by atoms with van der Waals surface area (Å²) in [4.78, 5) is 28.9. The lowest BCUT2D eigenvalue weighted by molar-refractivity contribution is -0.133. The minimum Gasteiger partial charge on any atom is -0.373 e. The normalized spacial score (nSPS) is 21.9. The van der Waals surface area contributed by atoms with Gasteiger partial charge in [-0.1, -0.05) is 19.9 Å². The lowest BCUT2D eigenvalue weighted by Crippen LogP contribution is -2.51. The molecule has 3 atom stereocenters. The van der Waals surface area contributed by atoms with Gasteiger partial charge >= 0.3 is 0 Å². The lowest BCUT2D eigenvalue weighted by Gasteiger charge is -2.25. The van der Waals surface area contributed by atoms with E-state index in [9.17, 15) is 9.59 Å². The highest BCUT2D eigenvalue weighted by molar-refractivity contribution is 5.89. The van der Waals surface area contributed by atoms with Gasteiger partial charge in [-0.3, -0.25) is 14.6 Å². The summed E-state index contributed by atoms with van der Waals surface area (Å²) < 4.78 is 5.72. The predicted molar refractivity (Wildman–Crippen MR) is 86.5 cm³/mol. The number of nitrogens with one attached hydrogen (secondary N) is 2. The second-order valence-corrected chi connectivity index (χ2v) is 6.10. The third-order valence-corrected chi connectivity index (χ3v) is 4.04. The minimum atomic E-state index is -0.530. The molecule has 0 radical (unpaired) electrons. The molecule has 0 unspecified atom stereocenters. The van der Waals surface area contributed by atoms with Crippen LogP contribution in [0.5, 0.6) is 0 Å². The van der Waals surface area contributed by atoms with E-state index in [0.717, 1.165) is 5.56 Å². The molecule has 23 heavy (non-hydrogen) atoms. The van der Waals surface area contributed by atoms with Crippen molar-refractivity contribution in [1.29, 1.82) is 0 Å². The molecule has 0 aromatic carbocycles. The number of ether oxygens (including phenoxy) is 1. The van der Waals surface area contributed by atoms with Crippen LogP contribution in [0.1, 0.15) is 38.9 Å². The van der Waals surface area contributed by atoms with Crippen LogP contribution in [0.2, 0.25) is 0 Å². The van der Waals surface area contributed by atoms with Crippen LogP contribution < -0.4 is 10.6 Å². The van der Waals surface area contributed by atoms with Crippen molar-refractivity contribution in [3.05, 3.63) is 30.1 Å². The van der Waals surface area contributed by atoms with Crippen LogP contribution in [-0.2, 0) is 14.3 Å². The van der Waals surface area contributed by atoms with Crippen LogP contribution in [0.4, 0.5) is 0 Å². The number of likely N-dealkylation sites (N-methyl/N-ethyl adjacent to an activating group) is 1. The Hall–Kier alpha value is -1.95. The molecule has 0 bridgehead atoms. The molecule has 2 heterocycles. The summed E-state index contributed by atoms with van der Waals surface area (Å²) in [5.74, 6) is -0.562. The monoisotopic (exact) mass is 319 g/mol. The molecular formula is C17H25N3O3. The molecule has 2 amide bonds. The van der Waals surface area contributed by atoms with Gasteiger partial charge in [-0.15, -0.1) is 0 Å². The zero-order valence-corrected chi connectivity index (χ0v) is 13.9. The Kier molecular flexibility index (Phi) is 6.10. The number of carbonyl (C=O) groups excluding carboxylic acids is 2. The van der Waals surface area contributed by atoms with E-state index in [4.69, 9.17) is 4.74 Å². The Bertz CT molecular complexity index is 533. The topological polar surface area (TPSA) is 80.3 Å². The molecule has 1 saturated heterocycles. The summed E-state index contributed by atoms with van der Waals surface area (Å²) >= 11 is 0. The minimum absolute atomic E-state index is 0.0182. The number of nitrogens with zero attached hydrogens (tertiary/aromatic N) is 1. The second-order valence-electron chi connectivity index (χ2n) is 6.10. The molecule has 6 nitrogen and oxygen atoms in total. The first-order chi connectivity index (χ1) is 11.0. The molecule has 1 aromatic heterocycles. The number of aromatic nitrogens is 1. The maximum Gasteiger partial charge on any atom is 0.242 e. The SMILES string of the molecule is CCNC(=O)[C@@H](NC(=O)[C@H]1CCO[C@@H]1c1cccnc1)C(C)C. The van der Waals surface area contributed by atoms with Crippen LogP contribution in [-0.4, -0.2) is 36.0 Å². The Balaban J connectivity index is 2.07. The Morgan fingerprint density at radius 2 is 2.22 bits per heavy atom. The highest BCUT2D eigenvalue weighted by atomic mass is 16.5. The van der Waals surface area contributed by atoms with E-state index in [2.05, 4.69) is 15.6 Å². The van der Waals surface area contributed by atoms with Gasteiger partial charge in [0.1, 0.15) is 6.04 Å². The summed E-state index contributed by atoms with van der Waals surface area (Å²) in [7, 11) is 0.